The number of aromatic nitrogens is 1. The van der Waals surface area contributed by atoms with Crippen LogP contribution in [-0.4, -0.2) is 47.1 Å². The number of Topliss-reactive ketones (excluding diaryl/α,β-unsaturated/α-hetero) is 1. The lowest BCUT2D eigenvalue weighted by Crippen LogP contribution is -2.15. The van der Waals surface area contributed by atoms with Gasteiger partial charge in [0.15, 0.2) is 24.1 Å². The minimum Gasteiger partial charge on any atom is -0.504 e. The number of carbonyl (C=O) groups excluding carboxylic acids is 2. The molecule has 5 N–H and O–H groups in total. The second-order valence-electron chi connectivity index (χ2n) is 13.4. The molecule has 1 heterocycles. The molecular formula is C43H53N3O5. The van der Waals surface area contributed by atoms with Gasteiger partial charge in [0.2, 0.25) is 0 Å². The molecule has 0 radical (unpaired) electrons. The normalized spacial score (nSPS) is 11.9. The zero-order chi connectivity index (χ0) is 36.4. The molecule has 0 unspecified atom stereocenters. The number of allylic oxidation sites excluding steroid dienone is 1. The molecule has 1 atom stereocenters. The highest BCUT2D eigenvalue weighted by molar-refractivity contribution is 6.06. The smallest absolute Gasteiger partial charge is 0.186 e. The van der Waals surface area contributed by atoms with Crippen LogP contribution in [0.25, 0.3) is 6.08 Å². The lowest BCUT2D eigenvalue weighted by Gasteiger charge is -2.15. The van der Waals surface area contributed by atoms with Crippen molar-refractivity contribution in [3.63, 3.8) is 0 Å². The number of hydrogen-bond acceptors (Lipinski definition) is 8. The number of phenols is 1. The van der Waals surface area contributed by atoms with Crippen molar-refractivity contribution in [3.05, 3.63) is 124 Å². The molecule has 0 saturated heterocycles. The van der Waals surface area contributed by atoms with Gasteiger partial charge in [0.05, 0.1) is 6.42 Å². The molecule has 0 aliphatic heterocycles. The van der Waals surface area contributed by atoms with Crippen molar-refractivity contribution in [1.29, 1.82) is 0 Å². The molecule has 4 aromatic rings. The summed E-state index contributed by atoms with van der Waals surface area (Å²) in [5.74, 6) is 0.645. The first-order valence-corrected chi connectivity index (χ1v) is 18.1. The van der Waals surface area contributed by atoms with Crippen LogP contribution in [0.5, 0.6) is 11.5 Å². The second kappa shape index (κ2) is 20.8. The van der Waals surface area contributed by atoms with Gasteiger partial charge in [-0.15, -0.1) is 0 Å². The number of rotatable bonds is 22. The molecule has 51 heavy (non-hydrogen) atoms. The number of nitrogens with zero attached hydrogens (tertiary/aromatic N) is 1. The molecule has 0 amide bonds. The van der Waals surface area contributed by atoms with E-state index in [4.69, 9.17) is 10.5 Å². The van der Waals surface area contributed by atoms with Crippen molar-refractivity contribution in [2.24, 2.45) is 5.92 Å². The summed E-state index contributed by atoms with van der Waals surface area (Å²) in [7, 11) is 1.95. The average Bonchev–Trinajstić information content (AvgIpc) is 3.12. The van der Waals surface area contributed by atoms with Gasteiger partial charge in [0, 0.05) is 12.6 Å². The van der Waals surface area contributed by atoms with Crippen molar-refractivity contribution in [3.8, 4) is 11.5 Å². The molecule has 4 rings (SSSR count). The maximum atomic E-state index is 12.8. The lowest BCUT2D eigenvalue weighted by molar-refractivity contribution is -0.124. The zero-order valence-electron chi connectivity index (χ0n) is 30.1. The van der Waals surface area contributed by atoms with Crippen LogP contribution in [0.4, 0.5) is 5.82 Å². The Labute approximate surface area is 302 Å². The number of aliphatic hydroxyl groups excluding tert-OH is 1. The summed E-state index contributed by atoms with van der Waals surface area (Å²) in [6, 6.07) is 24.2. The van der Waals surface area contributed by atoms with Crippen LogP contribution in [0.15, 0.2) is 85.1 Å². The van der Waals surface area contributed by atoms with Crippen LogP contribution in [0.3, 0.4) is 0 Å². The Morgan fingerprint density at radius 2 is 1.61 bits per heavy atom. The zero-order valence-corrected chi connectivity index (χ0v) is 30.1. The van der Waals surface area contributed by atoms with E-state index in [-0.39, 0.29) is 29.5 Å². The summed E-state index contributed by atoms with van der Waals surface area (Å²) in [5.41, 5.74) is 13.3. The van der Waals surface area contributed by atoms with E-state index in [1.165, 1.54) is 22.8 Å². The van der Waals surface area contributed by atoms with E-state index in [1.54, 1.807) is 24.4 Å². The number of phenolic OH excluding ortho intramolecular Hbond substituents is 1. The summed E-state index contributed by atoms with van der Waals surface area (Å²) in [6.45, 7) is 2.59. The molecule has 8 nitrogen and oxygen atoms in total. The Bertz CT molecular complexity index is 1740. The molecule has 3 aromatic carbocycles. The van der Waals surface area contributed by atoms with Crippen LogP contribution in [-0.2, 0) is 41.7 Å². The standard InChI is InChI=1S/C43H53N3O5/c1-31(28-45-2)10-5-3-8-15-39(48)27-40(49)21-20-35-25-42(51-30-47)41(50)24-37(35)23-38-29-46-43(44)26-36(38)19-18-34-14-9-13-33(22-34)17-16-32-11-6-4-7-12-32/h4,6-7,9,11-14,20-22,24-26,29,31,45,47,50H,3,5,8,10,15-19,23,27-28,30H2,1-2H3,(H2,44,46)/t31-/m1/s1. The largest absolute Gasteiger partial charge is 0.504 e. The van der Waals surface area contributed by atoms with Gasteiger partial charge in [-0.25, -0.2) is 4.98 Å². The van der Waals surface area contributed by atoms with Crippen LogP contribution < -0.4 is 15.8 Å². The maximum Gasteiger partial charge on any atom is 0.186 e. The number of carbonyl (C=O) groups is 2. The Hall–Kier alpha value is -4.79. The van der Waals surface area contributed by atoms with E-state index in [0.29, 0.717) is 30.1 Å². The van der Waals surface area contributed by atoms with Crippen LogP contribution in [0.2, 0.25) is 0 Å². The van der Waals surface area contributed by atoms with Gasteiger partial charge < -0.3 is 26.0 Å². The quantitative estimate of drug-likeness (QED) is 0.0294. The minimum absolute atomic E-state index is 0.0672. The molecule has 8 heteroatoms. The molecule has 0 fully saturated rings. The van der Waals surface area contributed by atoms with Gasteiger partial charge in [0.25, 0.3) is 0 Å². The SMILES string of the molecule is CNC[C@H](C)CCCCCC(=O)CC(=O)C=Cc1cc(OCO)c(O)cc1Cc1cnc(N)cc1CCc1cccc(CCc2ccccc2)c1. The Morgan fingerprint density at radius 1 is 0.882 bits per heavy atom. The molecule has 0 saturated carbocycles. The summed E-state index contributed by atoms with van der Waals surface area (Å²) in [5, 5.41) is 23.2. The topological polar surface area (TPSA) is 135 Å². The Morgan fingerprint density at radius 3 is 2.35 bits per heavy atom. The number of benzene rings is 3. The fraction of sp³-hybridized carbons (Fsp3) is 0.372. The Kier molecular flexibility index (Phi) is 15.9. The van der Waals surface area contributed by atoms with Gasteiger partial charge in [-0.1, -0.05) is 80.4 Å². The first-order chi connectivity index (χ1) is 24.7. The number of aryl methyl sites for hydroxylation is 4. The number of ether oxygens (including phenoxy) is 1. The van der Waals surface area contributed by atoms with Crippen molar-refractivity contribution in [2.75, 3.05) is 26.1 Å². The lowest BCUT2D eigenvalue weighted by atomic mass is 9.93. The van der Waals surface area contributed by atoms with Crippen molar-refractivity contribution < 1.29 is 24.5 Å². The van der Waals surface area contributed by atoms with Crippen molar-refractivity contribution >= 4 is 23.5 Å². The fourth-order valence-corrected chi connectivity index (χ4v) is 6.38. The third kappa shape index (κ3) is 13.5. The second-order valence-corrected chi connectivity index (χ2v) is 13.4. The highest BCUT2D eigenvalue weighted by atomic mass is 16.6. The number of nitrogens with one attached hydrogen (secondary N) is 1. The van der Waals surface area contributed by atoms with Crippen LogP contribution >= 0.6 is 0 Å². The highest BCUT2D eigenvalue weighted by Crippen LogP contribution is 2.32. The molecule has 0 spiro atoms. The van der Waals surface area contributed by atoms with E-state index in [9.17, 15) is 19.8 Å². The van der Waals surface area contributed by atoms with Gasteiger partial charge in [0.1, 0.15) is 11.6 Å². The maximum absolute atomic E-state index is 12.8. The first-order valence-electron chi connectivity index (χ1n) is 18.1. The summed E-state index contributed by atoms with van der Waals surface area (Å²) < 4.78 is 5.23. The Balaban J connectivity index is 1.42. The van der Waals surface area contributed by atoms with Crippen LogP contribution in [0, 0.1) is 5.92 Å². The molecule has 1 aromatic heterocycles. The predicted octanol–water partition coefficient (Wildman–Crippen LogP) is 7.21. The van der Waals surface area contributed by atoms with E-state index in [1.807, 2.05) is 19.2 Å². The summed E-state index contributed by atoms with van der Waals surface area (Å²) in [6.07, 6.45) is 12.9. The predicted molar refractivity (Wildman–Crippen MR) is 205 cm³/mol. The molecular weight excluding hydrogens is 638 g/mol. The number of anilines is 1. The van der Waals surface area contributed by atoms with E-state index in [2.05, 4.69) is 65.8 Å². The van der Waals surface area contributed by atoms with Gasteiger partial charge >= 0.3 is 0 Å². The van der Waals surface area contributed by atoms with Crippen molar-refractivity contribution in [1.82, 2.24) is 10.3 Å². The van der Waals surface area contributed by atoms with Crippen molar-refractivity contribution in [2.45, 2.75) is 77.6 Å². The number of aliphatic hydroxyl groups is 1. The summed E-state index contributed by atoms with van der Waals surface area (Å²) in [4.78, 5) is 29.7. The third-order valence-corrected chi connectivity index (χ3v) is 9.17. The molecule has 0 aliphatic carbocycles. The number of ketones is 2. The number of unbranched alkanes of at least 4 members (excludes halogenated alkanes) is 2. The third-order valence-electron chi connectivity index (χ3n) is 9.17. The molecule has 0 bridgehead atoms. The highest BCUT2D eigenvalue weighted by Gasteiger charge is 2.14. The van der Waals surface area contributed by atoms with E-state index < -0.39 is 6.79 Å². The summed E-state index contributed by atoms with van der Waals surface area (Å²) >= 11 is 0. The molecule has 0 aliphatic rings. The number of aromatic hydroxyl groups is 1. The van der Waals surface area contributed by atoms with Gasteiger partial charge in [-0.05, 0) is 128 Å². The van der Waals surface area contributed by atoms with Gasteiger partial charge in [-0.3, -0.25) is 9.59 Å². The average molecular weight is 692 g/mol. The fourth-order valence-electron chi connectivity index (χ4n) is 6.38. The number of hydrogen-bond donors (Lipinski definition) is 4. The number of pyridine rings is 1. The minimum atomic E-state index is -0.614. The van der Waals surface area contributed by atoms with E-state index in [0.717, 1.165) is 74.6 Å². The monoisotopic (exact) mass is 691 g/mol. The molecule has 270 valence electrons. The number of nitrogen functional groups attached to an aromatic ring is 1. The van der Waals surface area contributed by atoms with E-state index >= 15 is 0 Å². The first kappa shape index (κ1) is 39.0. The van der Waals surface area contributed by atoms with Gasteiger partial charge in [-0.2, -0.15) is 0 Å². The van der Waals surface area contributed by atoms with Crippen LogP contribution in [0.1, 0.15) is 84.4 Å². The number of nitrogens with two attached hydrogens (primary N) is 1.